The third-order valence-electron chi connectivity index (χ3n) is 4.52. The van der Waals surface area contributed by atoms with Crippen LogP contribution in [0.4, 0.5) is 5.69 Å². The Kier molecular flexibility index (Phi) is 4.21. The lowest BCUT2D eigenvalue weighted by molar-refractivity contribution is 0.0944. The SMILES string of the molecule is C[C@H]1CCCC(C)(C)[C@@H]1CNc1cccc(Cl)c1. The fourth-order valence-corrected chi connectivity index (χ4v) is 3.53. The van der Waals surface area contributed by atoms with Crippen molar-refractivity contribution in [2.75, 3.05) is 11.9 Å². The molecule has 0 radical (unpaired) electrons. The lowest BCUT2D eigenvalue weighted by Gasteiger charge is -2.43. The third-order valence-corrected chi connectivity index (χ3v) is 4.76. The van der Waals surface area contributed by atoms with E-state index in [9.17, 15) is 0 Å². The Hall–Kier alpha value is -0.690. The van der Waals surface area contributed by atoms with Crippen LogP contribution in [0.25, 0.3) is 0 Å². The van der Waals surface area contributed by atoms with Gasteiger partial charge in [-0.1, -0.05) is 51.3 Å². The second-order valence-corrected chi connectivity index (χ2v) is 6.79. The van der Waals surface area contributed by atoms with Crippen molar-refractivity contribution < 1.29 is 0 Å². The van der Waals surface area contributed by atoms with Crippen LogP contribution in [-0.2, 0) is 0 Å². The smallest absolute Gasteiger partial charge is 0.0426 e. The highest BCUT2D eigenvalue weighted by molar-refractivity contribution is 6.30. The van der Waals surface area contributed by atoms with Crippen molar-refractivity contribution in [2.24, 2.45) is 17.3 Å². The molecule has 1 aromatic carbocycles. The predicted octanol–water partition coefficient (Wildman–Crippen LogP) is 5.21. The van der Waals surface area contributed by atoms with Gasteiger partial charge in [-0.25, -0.2) is 0 Å². The van der Waals surface area contributed by atoms with Crippen LogP contribution in [-0.4, -0.2) is 6.54 Å². The number of hydrogen-bond acceptors (Lipinski definition) is 1. The fourth-order valence-electron chi connectivity index (χ4n) is 3.34. The van der Waals surface area contributed by atoms with Crippen LogP contribution in [0.3, 0.4) is 0 Å². The molecule has 2 rings (SSSR count). The number of halogens is 1. The Morgan fingerprint density at radius 2 is 2.17 bits per heavy atom. The zero-order valence-electron chi connectivity index (χ0n) is 11.7. The van der Waals surface area contributed by atoms with Gasteiger partial charge in [0, 0.05) is 17.3 Å². The van der Waals surface area contributed by atoms with Crippen LogP contribution >= 0.6 is 11.6 Å². The molecular formula is C16H24ClN. The average molecular weight is 266 g/mol. The largest absolute Gasteiger partial charge is 0.385 e. The van der Waals surface area contributed by atoms with Gasteiger partial charge in [0.1, 0.15) is 0 Å². The molecule has 2 atom stereocenters. The maximum atomic E-state index is 6.01. The molecule has 0 aromatic heterocycles. The molecule has 0 amide bonds. The molecule has 1 saturated carbocycles. The van der Waals surface area contributed by atoms with Crippen LogP contribution in [0.1, 0.15) is 40.0 Å². The monoisotopic (exact) mass is 265 g/mol. The van der Waals surface area contributed by atoms with Gasteiger partial charge >= 0.3 is 0 Å². The van der Waals surface area contributed by atoms with Gasteiger partial charge in [-0.2, -0.15) is 0 Å². The molecule has 0 heterocycles. The summed E-state index contributed by atoms with van der Waals surface area (Å²) >= 11 is 6.01. The molecule has 1 aliphatic carbocycles. The molecule has 1 aliphatic rings. The molecule has 1 N–H and O–H groups in total. The van der Waals surface area contributed by atoms with E-state index < -0.39 is 0 Å². The molecule has 0 bridgehead atoms. The van der Waals surface area contributed by atoms with E-state index in [0.29, 0.717) is 5.41 Å². The van der Waals surface area contributed by atoms with Gasteiger partial charge in [0.25, 0.3) is 0 Å². The molecule has 100 valence electrons. The van der Waals surface area contributed by atoms with Gasteiger partial charge in [-0.3, -0.25) is 0 Å². The van der Waals surface area contributed by atoms with E-state index in [1.165, 1.54) is 19.3 Å². The van der Waals surface area contributed by atoms with E-state index >= 15 is 0 Å². The summed E-state index contributed by atoms with van der Waals surface area (Å²) in [4.78, 5) is 0. The van der Waals surface area contributed by atoms with E-state index in [-0.39, 0.29) is 0 Å². The van der Waals surface area contributed by atoms with Gasteiger partial charge in [0.15, 0.2) is 0 Å². The maximum absolute atomic E-state index is 6.01. The Balaban J connectivity index is 2.00. The maximum Gasteiger partial charge on any atom is 0.0426 e. The highest BCUT2D eigenvalue weighted by Gasteiger charge is 2.36. The zero-order valence-corrected chi connectivity index (χ0v) is 12.4. The minimum Gasteiger partial charge on any atom is -0.385 e. The number of nitrogens with one attached hydrogen (secondary N) is 1. The minimum atomic E-state index is 0.448. The molecule has 1 nitrogen and oxygen atoms in total. The van der Waals surface area contributed by atoms with Crippen molar-refractivity contribution in [1.29, 1.82) is 0 Å². The summed E-state index contributed by atoms with van der Waals surface area (Å²) in [5.41, 5.74) is 1.58. The fraction of sp³-hybridized carbons (Fsp3) is 0.625. The molecule has 0 aliphatic heterocycles. The van der Waals surface area contributed by atoms with Gasteiger partial charge < -0.3 is 5.32 Å². The lowest BCUT2D eigenvalue weighted by Crippen LogP contribution is -2.38. The number of rotatable bonds is 3. The van der Waals surface area contributed by atoms with Crippen molar-refractivity contribution in [1.82, 2.24) is 0 Å². The summed E-state index contributed by atoms with van der Waals surface area (Å²) in [6.07, 6.45) is 4.09. The van der Waals surface area contributed by atoms with Crippen LogP contribution in [0, 0.1) is 17.3 Å². The van der Waals surface area contributed by atoms with E-state index in [4.69, 9.17) is 11.6 Å². The van der Waals surface area contributed by atoms with Crippen molar-refractivity contribution in [3.8, 4) is 0 Å². The van der Waals surface area contributed by atoms with E-state index in [1.54, 1.807) is 0 Å². The summed E-state index contributed by atoms with van der Waals surface area (Å²) in [5, 5.41) is 4.36. The van der Waals surface area contributed by atoms with Crippen molar-refractivity contribution >= 4 is 17.3 Å². The minimum absolute atomic E-state index is 0.448. The molecule has 0 spiro atoms. The average Bonchev–Trinajstić information content (AvgIpc) is 2.27. The van der Waals surface area contributed by atoms with Crippen LogP contribution in [0.15, 0.2) is 24.3 Å². The lowest BCUT2D eigenvalue weighted by atomic mass is 9.64. The summed E-state index contributed by atoms with van der Waals surface area (Å²) in [6, 6.07) is 8.01. The van der Waals surface area contributed by atoms with Crippen molar-refractivity contribution in [2.45, 2.75) is 40.0 Å². The van der Waals surface area contributed by atoms with Gasteiger partial charge in [0.2, 0.25) is 0 Å². The van der Waals surface area contributed by atoms with Gasteiger partial charge in [-0.05, 0) is 41.9 Å². The van der Waals surface area contributed by atoms with Crippen LogP contribution < -0.4 is 5.32 Å². The molecule has 1 aromatic rings. The molecule has 0 saturated heterocycles. The first-order valence-electron chi connectivity index (χ1n) is 6.98. The first-order chi connectivity index (χ1) is 8.49. The molecule has 1 fully saturated rings. The quantitative estimate of drug-likeness (QED) is 0.791. The van der Waals surface area contributed by atoms with Crippen molar-refractivity contribution in [3.63, 3.8) is 0 Å². The van der Waals surface area contributed by atoms with Crippen LogP contribution in [0.5, 0.6) is 0 Å². The zero-order chi connectivity index (χ0) is 13.2. The molecular weight excluding hydrogens is 242 g/mol. The summed E-state index contributed by atoms with van der Waals surface area (Å²) in [6.45, 7) is 8.26. The predicted molar refractivity (Wildman–Crippen MR) is 80.2 cm³/mol. The Bertz CT molecular complexity index is 400. The highest BCUT2D eigenvalue weighted by atomic mass is 35.5. The standard InChI is InChI=1S/C16H24ClN/c1-12-6-5-9-16(2,3)15(12)11-18-14-8-4-7-13(17)10-14/h4,7-8,10,12,15,18H,5-6,9,11H2,1-3H3/t12-,15+/m0/s1. The number of anilines is 1. The second kappa shape index (κ2) is 5.52. The van der Waals surface area contributed by atoms with Crippen LogP contribution in [0.2, 0.25) is 5.02 Å². The Labute approximate surface area is 116 Å². The normalized spacial score (nSPS) is 26.9. The third kappa shape index (κ3) is 3.20. The van der Waals surface area contributed by atoms with E-state index in [1.807, 2.05) is 18.2 Å². The Morgan fingerprint density at radius 1 is 1.39 bits per heavy atom. The summed E-state index contributed by atoms with van der Waals surface area (Å²) in [7, 11) is 0. The first-order valence-corrected chi connectivity index (χ1v) is 7.36. The first kappa shape index (κ1) is 13.7. The second-order valence-electron chi connectivity index (χ2n) is 6.36. The Morgan fingerprint density at radius 3 is 2.83 bits per heavy atom. The van der Waals surface area contributed by atoms with Gasteiger partial charge in [-0.15, -0.1) is 0 Å². The highest BCUT2D eigenvalue weighted by Crippen LogP contribution is 2.43. The molecule has 2 heteroatoms. The molecule has 0 unspecified atom stereocenters. The number of benzene rings is 1. The summed E-state index contributed by atoms with van der Waals surface area (Å²) < 4.78 is 0. The summed E-state index contributed by atoms with van der Waals surface area (Å²) in [5.74, 6) is 1.55. The molecule has 18 heavy (non-hydrogen) atoms. The van der Waals surface area contributed by atoms with E-state index in [0.717, 1.165) is 29.1 Å². The number of hydrogen-bond donors (Lipinski definition) is 1. The topological polar surface area (TPSA) is 12.0 Å². The van der Waals surface area contributed by atoms with Gasteiger partial charge in [0.05, 0.1) is 0 Å². The van der Waals surface area contributed by atoms with E-state index in [2.05, 4.69) is 32.2 Å². The van der Waals surface area contributed by atoms with Crippen molar-refractivity contribution in [3.05, 3.63) is 29.3 Å².